The number of nitriles is 3. The number of benzene rings is 1. The molecule has 1 aromatic carbocycles. The number of rotatable bonds is 1. The Morgan fingerprint density at radius 3 is 2.43 bits per heavy atom. The second kappa shape index (κ2) is 5.69. The van der Waals surface area contributed by atoms with Crippen LogP contribution in [0.1, 0.15) is 11.5 Å². The van der Waals surface area contributed by atoms with E-state index in [0.29, 0.717) is 13.1 Å². The third-order valence-electron chi connectivity index (χ3n) is 4.83. The van der Waals surface area contributed by atoms with Gasteiger partial charge in [-0.2, -0.15) is 15.8 Å². The van der Waals surface area contributed by atoms with Gasteiger partial charge in [0.2, 0.25) is 0 Å². The van der Waals surface area contributed by atoms with Crippen LogP contribution in [0.25, 0.3) is 0 Å². The minimum Gasteiger partial charge on any atom is -0.313 e. The molecule has 0 bridgehead atoms. The smallest absolute Gasteiger partial charge is 0.189 e. The topological polar surface area (TPSA) is 107 Å². The molecule has 5 heteroatoms. The fourth-order valence-electron chi connectivity index (χ4n) is 3.77. The molecule has 0 saturated heterocycles. The van der Waals surface area contributed by atoms with Gasteiger partial charge in [0.25, 0.3) is 0 Å². The van der Waals surface area contributed by atoms with E-state index in [9.17, 15) is 15.8 Å². The van der Waals surface area contributed by atoms with Gasteiger partial charge in [-0.05, 0) is 11.1 Å². The Bertz CT molecular complexity index is 773. The SMILES string of the molecule is N#C[C@H]1C(=N)C(C#N)(C#N)[C@H](c2ccccc2)[C@@H]2CNCC=C12. The largest absolute Gasteiger partial charge is 0.313 e. The van der Waals surface area contributed by atoms with Gasteiger partial charge < -0.3 is 10.7 Å². The summed E-state index contributed by atoms with van der Waals surface area (Å²) in [6.45, 7) is 1.24. The maximum Gasteiger partial charge on any atom is 0.189 e. The van der Waals surface area contributed by atoms with Crippen molar-refractivity contribution in [2.24, 2.45) is 17.3 Å². The predicted octanol–water partition coefficient (Wildman–Crippen LogP) is 2.12. The van der Waals surface area contributed by atoms with Crippen LogP contribution in [-0.4, -0.2) is 18.8 Å². The van der Waals surface area contributed by atoms with E-state index < -0.39 is 17.3 Å². The van der Waals surface area contributed by atoms with Crippen molar-refractivity contribution in [1.82, 2.24) is 5.32 Å². The lowest BCUT2D eigenvalue weighted by molar-refractivity contribution is 0.332. The minimum atomic E-state index is -1.61. The van der Waals surface area contributed by atoms with Crippen molar-refractivity contribution in [3.8, 4) is 18.2 Å². The summed E-state index contributed by atoms with van der Waals surface area (Å²) < 4.78 is 0. The van der Waals surface area contributed by atoms with Gasteiger partial charge in [-0.25, -0.2) is 0 Å². The molecule has 0 amide bonds. The van der Waals surface area contributed by atoms with E-state index in [0.717, 1.165) is 11.1 Å². The van der Waals surface area contributed by atoms with Gasteiger partial charge >= 0.3 is 0 Å². The second-order valence-corrected chi connectivity index (χ2v) is 5.86. The molecule has 1 aliphatic heterocycles. The quantitative estimate of drug-likeness (QED) is 0.774. The Morgan fingerprint density at radius 1 is 1.13 bits per heavy atom. The van der Waals surface area contributed by atoms with Crippen molar-refractivity contribution in [1.29, 1.82) is 21.2 Å². The van der Waals surface area contributed by atoms with E-state index in [1.54, 1.807) is 0 Å². The van der Waals surface area contributed by atoms with Crippen molar-refractivity contribution in [3.63, 3.8) is 0 Å². The Labute approximate surface area is 135 Å². The molecule has 0 spiro atoms. The van der Waals surface area contributed by atoms with Crippen LogP contribution in [-0.2, 0) is 0 Å². The highest BCUT2D eigenvalue weighted by molar-refractivity contribution is 6.00. The monoisotopic (exact) mass is 301 g/mol. The molecule has 3 rings (SSSR count). The van der Waals surface area contributed by atoms with Crippen LogP contribution in [0, 0.1) is 56.7 Å². The highest BCUT2D eigenvalue weighted by atomic mass is 14.9. The second-order valence-electron chi connectivity index (χ2n) is 5.86. The summed E-state index contributed by atoms with van der Waals surface area (Å²) in [5.41, 5.74) is 0.0220. The highest BCUT2D eigenvalue weighted by Gasteiger charge is 2.57. The first-order valence-electron chi connectivity index (χ1n) is 7.46. The van der Waals surface area contributed by atoms with Crippen LogP contribution < -0.4 is 5.32 Å². The van der Waals surface area contributed by atoms with Gasteiger partial charge in [0.05, 0.1) is 23.9 Å². The zero-order valence-electron chi connectivity index (χ0n) is 12.5. The Balaban J connectivity index is 2.26. The van der Waals surface area contributed by atoms with Crippen molar-refractivity contribution in [2.45, 2.75) is 5.92 Å². The maximum absolute atomic E-state index is 9.78. The molecule has 0 unspecified atom stereocenters. The Morgan fingerprint density at radius 2 is 1.83 bits per heavy atom. The summed E-state index contributed by atoms with van der Waals surface area (Å²) in [4.78, 5) is 0. The number of hydrogen-bond acceptors (Lipinski definition) is 5. The van der Waals surface area contributed by atoms with E-state index in [-0.39, 0.29) is 11.6 Å². The van der Waals surface area contributed by atoms with Crippen LogP contribution in [0.2, 0.25) is 0 Å². The van der Waals surface area contributed by atoms with E-state index in [2.05, 4.69) is 23.5 Å². The van der Waals surface area contributed by atoms with Crippen LogP contribution in [0.5, 0.6) is 0 Å². The lowest BCUT2D eigenvalue weighted by atomic mass is 9.54. The summed E-state index contributed by atoms with van der Waals surface area (Å²) in [7, 11) is 0. The summed E-state index contributed by atoms with van der Waals surface area (Å²) in [6, 6.07) is 15.7. The maximum atomic E-state index is 9.78. The van der Waals surface area contributed by atoms with Crippen LogP contribution in [0.4, 0.5) is 0 Å². The number of hydrogen-bond donors (Lipinski definition) is 2. The number of nitrogens with zero attached hydrogens (tertiary/aromatic N) is 3. The molecule has 5 nitrogen and oxygen atoms in total. The highest BCUT2D eigenvalue weighted by Crippen LogP contribution is 2.52. The molecule has 3 atom stereocenters. The van der Waals surface area contributed by atoms with Gasteiger partial charge in [-0.1, -0.05) is 36.4 Å². The Kier molecular flexibility index (Phi) is 3.70. The Hall–Kier alpha value is -2.94. The van der Waals surface area contributed by atoms with Gasteiger partial charge in [0.15, 0.2) is 5.41 Å². The van der Waals surface area contributed by atoms with Crippen LogP contribution in [0.15, 0.2) is 42.0 Å². The zero-order valence-corrected chi connectivity index (χ0v) is 12.5. The molecule has 1 saturated carbocycles. The molecule has 0 aromatic heterocycles. The first kappa shape index (κ1) is 15.0. The number of nitrogens with one attached hydrogen (secondary N) is 2. The molecule has 1 fully saturated rings. The molecule has 1 aliphatic carbocycles. The van der Waals surface area contributed by atoms with Crippen molar-refractivity contribution in [2.75, 3.05) is 13.1 Å². The van der Waals surface area contributed by atoms with E-state index in [1.807, 2.05) is 36.4 Å². The van der Waals surface area contributed by atoms with Gasteiger partial charge in [0.1, 0.15) is 5.92 Å². The lowest BCUT2D eigenvalue weighted by Gasteiger charge is -2.45. The van der Waals surface area contributed by atoms with E-state index in [4.69, 9.17) is 5.41 Å². The number of fused-ring (bicyclic) bond motifs is 1. The van der Waals surface area contributed by atoms with Crippen molar-refractivity contribution >= 4 is 5.71 Å². The molecule has 112 valence electrons. The summed E-state index contributed by atoms with van der Waals surface area (Å²) in [5.74, 6) is -1.37. The normalized spacial score (nSPS) is 28.5. The fourth-order valence-corrected chi connectivity index (χ4v) is 3.77. The van der Waals surface area contributed by atoms with Crippen LogP contribution >= 0.6 is 0 Å². The average Bonchev–Trinajstić information content (AvgIpc) is 2.61. The molecule has 0 radical (unpaired) electrons. The standard InChI is InChI=1S/C18H15N5/c19-8-14-13-6-7-23-9-15(13)16(12-4-2-1-3-5-12)18(10-20,11-21)17(14)22/h1-6,14-16,22-23H,7,9H2/t14-,15-,16-/m1/s1. The van der Waals surface area contributed by atoms with Crippen molar-refractivity contribution < 1.29 is 0 Å². The summed E-state index contributed by atoms with van der Waals surface area (Å²) in [5, 5.41) is 40.8. The molecule has 1 heterocycles. The van der Waals surface area contributed by atoms with Crippen LogP contribution in [0.3, 0.4) is 0 Å². The lowest BCUT2D eigenvalue weighted by Crippen LogP contribution is -2.52. The van der Waals surface area contributed by atoms with Gasteiger partial charge in [-0.15, -0.1) is 0 Å². The molecule has 2 aliphatic rings. The van der Waals surface area contributed by atoms with Gasteiger partial charge in [-0.3, -0.25) is 0 Å². The third-order valence-corrected chi connectivity index (χ3v) is 4.83. The van der Waals surface area contributed by atoms with E-state index >= 15 is 0 Å². The molecule has 2 N–H and O–H groups in total. The molecule has 23 heavy (non-hydrogen) atoms. The average molecular weight is 301 g/mol. The van der Waals surface area contributed by atoms with Gasteiger partial charge in [0, 0.05) is 24.9 Å². The summed E-state index contributed by atoms with van der Waals surface area (Å²) >= 11 is 0. The molecule has 1 aromatic rings. The third kappa shape index (κ3) is 2.05. The first-order valence-corrected chi connectivity index (χ1v) is 7.46. The molecular formula is C18H15N5. The van der Waals surface area contributed by atoms with Crippen molar-refractivity contribution in [3.05, 3.63) is 47.5 Å². The molecular weight excluding hydrogens is 286 g/mol. The first-order chi connectivity index (χ1) is 11.2. The predicted molar refractivity (Wildman–Crippen MR) is 84.1 cm³/mol. The minimum absolute atomic E-state index is 0.0942. The summed E-state index contributed by atoms with van der Waals surface area (Å²) in [6.07, 6.45) is 1.94. The fraction of sp³-hybridized carbons (Fsp3) is 0.333. The zero-order chi connectivity index (χ0) is 16.4. The van der Waals surface area contributed by atoms with E-state index in [1.165, 1.54) is 0 Å².